The largest absolute Gasteiger partial charge is 0.383 e. The van der Waals surface area contributed by atoms with Crippen LogP contribution in [-0.4, -0.2) is 13.1 Å². The van der Waals surface area contributed by atoms with Crippen LogP contribution in [0, 0.1) is 5.82 Å². The molecule has 0 unspecified atom stereocenters. The Bertz CT molecular complexity index is 592. The van der Waals surface area contributed by atoms with E-state index in [1.807, 2.05) is 12.1 Å². The number of para-hydroxylation sites is 1. The molecule has 1 N–H and O–H groups in total. The van der Waals surface area contributed by atoms with Gasteiger partial charge in [0.2, 0.25) is 0 Å². The molecule has 0 radical (unpaired) electrons. The van der Waals surface area contributed by atoms with E-state index in [1.165, 1.54) is 35.5 Å². The van der Waals surface area contributed by atoms with E-state index >= 15 is 0 Å². The highest BCUT2D eigenvalue weighted by Crippen LogP contribution is 2.36. The average molecular weight is 270 g/mol. The van der Waals surface area contributed by atoms with Crippen molar-refractivity contribution < 1.29 is 4.39 Å². The zero-order valence-corrected chi connectivity index (χ0v) is 11.7. The third kappa shape index (κ3) is 2.36. The van der Waals surface area contributed by atoms with Crippen molar-refractivity contribution in [2.45, 2.75) is 19.8 Å². The van der Waals surface area contributed by atoms with Gasteiger partial charge in [-0.15, -0.1) is 0 Å². The summed E-state index contributed by atoms with van der Waals surface area (Å²) in [6, 6.07) is 13.1. The van der Waals surface area contributed by atoms with Gasteiger partial charge in [0, 0.05) is 18.8 Å². The van der Waals surface area contributed by atoms with Crippen LogP contribution in [0.3, 0.4) is 0 Å². The van der Waals surface area contributed by atoms with Crippen molar-refractivity contribution in [3.8, 4) is 0 Å². The topological polar surface area (TPSA) is 15.3 Å². The summed E-state index contributed by atoms with van der Waals surface area (Å²) in [5.74, 6) is -0.196. The van der Waals surface area contributed by atoms with E-state index in [0.717, 1.165) is 25.2 Å². The molecule has 2 nitrogen and oxygen atoms in total. The minimum Gasteiger partial charge on any atom is -0.383 e. The smallest absolute Gasteiger partial charge is 0.123 e. The van der Waals surface area contributed by atoms with Crippen LogP contribution in [0.2, 0.25) is 0 Å². The molecule has 1 heterocycles. The molecule has 2 aromatic carbocycles. The molecular weight excluding hydrogens is 251 g/mol. The first-order valence-corrected chi connectivity index (χ1v) is 7.18. The predicted molar refractivity (Wildman–Crippen MR) is 82.3 cm³/mol. The summed E-state index contributed by atoms with van der Waals surface area (Å²) in [4.78, 5) is 2.22. The minimum absolute atomic E-state index is 0.196. The second kappa shape index (κ2) is 5.53. The quantitative estimate of drug-likeness (QED) is 0.892. The van der Waals surface area contributed by atoms with Gasteiger partial charge in [-0.2, -0.15) is 0 Å². The van der Waals surface area contributed by atoms with Crippen LogP contribution in [-0.2, 0) is 6.42 Å². The van der Waals surface area contributed by atoms with Crippen LogP contribution in [0.4, 0.5) is 21.5 Å². The van der Waals surface area contributed by atoms with E-state index in [9.17, 15) is 4.39 Å². The Hall–Kier alpha value is -2.03. The highest BCUT2D eigenvalue weighted by Gasteiger charge is 2.17. The van der Waals surface area contributed by atoms with Gasteiger partial charge < -0.3 is 10.2 Å². The molecule has 0 bridgehead atoms. The molecule has 0 saturated carbocycles. The van der Waals surface area contributed by atoms with Gasteiger partial charge in [-0.05, 0) is 55.7 Å². The molecule has 3 heteroatoms. The van der Waals surface area contributed by atoms with Crippen LogP contribution in [0.25, 0.3) is 0 Å². The van der Waals surface area contributed by atoms with E-state index in [-0.39, 0.29) is 5.82 Å². The van der Waals surface area contributed by atoms with Crippen molar-refractivity contribution in [1.29, 1.82) is 0 Å². The summed E-state index contributed by atoms with van der Waals surface area (Å²) in [5, 5.41) is 3.51. The Labute approximate surface area is 119 Å². The fourth-order valence-electron chi connectivity index (χ4n) is 2.83. The lowest BCUT2D eigenvalue weighted by atomic mass is 10.0. The summed E-state index contributed by atoms with van der Waals surface area (Å²) < 4.78 is 13.1. The van der Waals surface area contributed by atoms with Crippen molar-refractivity contribution in [1.82, 2.24) is 0 Å². The Morgan fingerprint density at radius 2 is 1.95 bits per heavy atom. The lowest BCUT2D eigenvalue weighted by Crippen LogP contribution is -2.21. The van der Waals surface area contributed by atoms with Crippen molar-refractivity contribution in [3.05, 3.63) is 53.8 Å². The summed E-state index contributed by atoms with van der Waals surface area (Å²) in [6.45, 7) is 3.99. The fraction of sp³-hybridized carbons (Fsp3) is 0.294. The van der Waals surface area contributed by atoms with Gasteiger partial charge in [-0.1, -0.05) is 12.1 Å². The maximum absolute atomic E-state index is 13.1. The molecule has 1 aliphatic heterocycles. The number of nitrogens with one attached hydrogen (secondary N) is 1. The van der Waals surface area contributed by atoms with Crippen molar-refractivity contribution in [2.75, 3.05) is 23.3 Å². The Morgan fingerprint density at radius 3 is 2.70 bits per heavy atom. The van der Waals surface area contributed by atoms with Crippen LogP contribution < -0.4 is 10.2 Å². The standard InChI is InChI=1S/C17H19FN2/c1-2-20(15-10-8-14(18)9-11-15)16-7-3-5-13-6-4-12-19-17(13)16/h3,5,7-11,19H,2,4,6,12H2,1H3. The number of nitrogens with zero attached hydrogens (tertiary/aromatic N) is 1. The second-order valence-corrected chi connectivity index (χ2v) is 5.06. The summed E-state index contributed by atoms with van der Waals surface area (Å²) in [7, 11) is 0. The number of halogens is 1. The fourth-order valence-corrected chi connectivity index (χ4v) is 2.83. The predicted octanol–water partition coefficient (Wildman–Crippen LogP) is 4.34. The van der Waals surface area contributed by atoms with Gasteiger partial charge in [0.05, 0.1) is 11.4 Å². The van der Waals surface area contributed by atoms with E-state index in [1.54, 1.807) is 0 Å². The lowest BCUT2D eigenvalue weighted by Gasteiger charge is -2.29. The summed E-state index contributed by atoms with van der Waals surface area (Å²) in [6.07, 6.45) is 2.30. The van der Waals surface area contributed by atoms with Crippen molar-refractivity contribution in [3.63, 3.8) is 0 Å². The molecule has 0 amide bonds. The highest BCUT2D eigenvalue weighted by atomic mass is 19.1. The maximum Gasteiger partial charge on any atom is 0.123 e. The third-order valence-electron chi connectivity index (χ3n) is 3.80. The van der Waals surface area contributed by atoms with Crippen LogP contribution in [0.1, 0.15) is 18.9 Å². The van der Waals surface area contributed by atoms with E-state index in [0.29, 0.717) is 0 Å². The first-order valence-electron chi connectivity index (χ1n) is 7.18. The van der Waals surface area contributed by atoms with E-state index in [4.69, 9.17) is 0 Å². The maximum atomic E-state index is 13.1. The van der Waals surface area contributed by atoms with Crippen LogP contribution in [0.15, 0.2) is 42.5 Å². The molecule has 104 valence electrons. The molecule has 0 atom stereocenters. The Kier molecular flexibility index (Phi) is 3.59. The molecule has 0 spiro atoms. The molecule has 2 aromatic rings. The Balaban J connectivity index is 2.03. The van der Waals surface area contributed by atoms with Gasteiger partial charge in [0.1, 0.15) is 5.82 Å². The third-order valence-corrected chi connectivity index (χ3v) is 3.80. The van der Waals surface area contributed by atoms with Gasteiger partial charge in [0.15, 0.2) is 0 Å². The Morgan fingerprint density at radius 1 is 1.15 bits per heavy atom. The first kappa shape index (κ1) is 13.0. The number of rotatable bonds is 3. The SMILES string of the molecule is CCN(c1ccc(F)cc1)c1cccc2c1NCCC2. The zero-order chi connectivity index (χ0) is 13.9. The molecule has 20 heavy (non-hydrogen) atoms. The molecule has 0 aromatic heterocycles. The molecule has 1 aliphatic rings. The zero-order valence-electron chi connectivity index (χ0n) is 11.7. The van der Waals surface area contributed by atoms with E-state index < -0.39 is 0 Å². The number of fused-ring (bicyclic) bond motifs is 1. The molecule has 0 saturated heterocycles. The summed E-state index contributed by atoms with van der Waals surface area (Å²) in [5.41, 5.74) is 4.80. The highest BCUT2D eigenvalue weighted by molar-refractivity contribution is 5.79. The number of hydrogen-bond donors (Lipinski definition) is 1. The molecular formula is C17H19FN2. The first-order chi connectivity index (χ1) is 9.79. The van der Waals surface area contributed by atoms with Crippen molar-refractivity contribution >= 4 is 17.1 Å². The average Bonchev–Trinajstić information content (AvgIpc) is 2.50. The lowest BCUT2D eigenvalue weighted by molar-refractivity contribution is 0.628. The second-order valence-electron chi connectivity index (χ2n) is 5.06. The van der Waals surface area contributed by atoms with Crippen LogP contribution in [0.5, 0.6) is 0 Å². The molecule has 0 aliphatic carbocycles. The van der Waals surface area contributed by atoms with Gasteiger partial charge in [0.25, 0.3) is 0 Å². The number of hydrogen-bond acceptors (Lipinski definition) is 2. The summed E-state index contributed by atoms with van der Waals surface area (Å²) >= 11 is 0. The van der Waals surface area contributed by atoms with E-state index in [2.05, 4.69) is 35.3 Å². The normalized spacial score (nSPS) is 13.5. The van der Waals surface area contributed by atoms with Crippen molar-refractivity contribution in [2.24, 2.45) is 0 Å². The number of benzene rings is 2. The number of anilines is 3. The molecule has 0 fully saturated rings. The van der Waals surface area contributed by atoms with Gasteiger partial charge in [-0.3, -0.25) is 0 Å². The number of aryl methyl sites for hydroxylation is 1. The minimum atomic E-state index is -0.196. The van der Waals surface area contributed by atoms with Gasteiger partial charge >= 0.3 is 0 Å². The van der Waals surface area contributed by atoms with Crippen LogP contribution >= 0.6 is 0 Å². The molecule has 3 rings (SSSR count). The van der Waals surface area contributed by atoms with Gasteiger partial charge in [-0.25, -0.2) is 4.39 Å². The monoisotopic (exact) mass is 270 g/mol.